The number of nitrogens with two attached hydrogens (primary N) is 1. The number of thioether (sulfide) groups is 1. The van der Waals surface area contributed by atoms with Crippen molar-refractivity contribution in [1.29, 1.82) is 0 Å². The lowest BCUT2D eigenvalue weighted by atomic mass is 10.1. The van der Waals surface area contributed by atoms with Gasteiger partial charge in [0, 0.05) is 15.6 Å². The SMILES string of the molecule is COC(=O)[C@H](O)[C@@H](Sc1cc(Cl)ccc1N)c1ccc(OC)cc1. The quantitative estimate of drug-likeness (QED) is 0.463. The molecular weight excluding hydrogens is 350 g/mol. The Labute approximate surface area is 149 Å². The van der Waals surface area contributed by atoms with Gasteiger partial charge in [-0.1, -0.05) is 23.7 Å². The molecule has 0 fully saturated rings. The van der Waals surface area contributed by atoms with Crippen molar-refractivity contribution >= 4 is 35.0 Å². The summed E-state index contributed by atoms with van der Waals surface area (Å²) in [6.45, 7) is 0. The summed E-state index contributed by atoms with van der Waals surface area (Å²) in [6.07, 6.45) is -1.35. The van der Waals surface area contributed by atoms with Gasteiger partial charge in [0.1, 0.15) is 5.75 Å². The molecule has 0 saturated carbocycles. The summed E-state index contributed by atoms with van der Waals surface area (Å²) >= 11 is 7.26. The third-order valence-electron chi connectivity index (χ3n) is 3.40. The molecule has 0 bridgehead atoms. The number of rotatable bonds is 6. The molecule has 2 atom stereocenters. The second kappa shape index (κ2) is 8.28. The van der Waals surface area contributed by atoms with Gasteiger partial charge in [0.2, 0.25) is 0 Å². The van der Waals surface area contributed by atoms with E-state index in [9.17, 15) is 9.90 Å². The largest absolute Gasteiger partial charge is 0.497 e. The number of nitrogen functional groups attached to an aromatic ring is 1. The first-order chi connectivity index (χ1) is 11.5. The molecule has 0 aliphatic carbocycles. The molecule has 2 aromatic rings. The number of aliphatic hydroxyl groups excluding tert-OH is 1. The Kier molecular flexibility index (Phi) is 6.36. The Morgan fingerprint density at radius 1 is 1.21 bits per heavy atom. The van der Waals surface area contributed by atoms with Crippen LogP contribution in [0.25, 0.3) is 0 Å². The van der Waals surface area contributed by atoms with E-state index in [2.05, 4.69) is 4.74 Å². The average molecular weight is 368 g/mol. The van der Waals surface area contributed by atoms with Crippen molar-refractivity contribution in [1.82, 2.24) is 0 Å². The van der Waals surface area contributed by atoms with Crippen molar-refractivity contribution in [3.05, 3.63) is 53.1 Å². The van der Waals surface area contributed by atoms with Crippen molar-refractivity contribution in [3.63, 3.8) is 0 Å². The van der Waals surface area contributed by atoms with Crippen LogP contribution in [0.3, 0.4) is 0 Å². The third-order valence-corrected chi connectivity index (χ3v) is 5.03. The van der Waals surface area contributed by atoms with Crippen molar-refractivity contribution in [2.75, 3.05) is 20.0 Å². The number of methoxy groups -OCH3 is 2. The lowest BCUT2D eigenvalue weighted by Gasteiger charge is -2.22. The van der Waals surface area contributed by atoms with Gasteiger partial charge in [0.05, 0.1) is 19.5 Å². The maximum Gasteiger partial charge on any atom is 0.336 e. The Bertz CT molecular complexity index is 708. The van der Waals surface area contributed by atoms with E-state index in [4.69, 9.17) is 22.1 Å². The highest BCUT2D eigenvalue weighted by atomic mass is 35.5. The number of hydrogen-bond donors (Lipinski definition) is 2. The molecule has 0 radical (unpaired) electrons. The molecule has 3 N–H and O–H groups in total. The summed E-state index contributed by atoms with van der Waals surface area (Å²) in [7, 11) is 2.80. The number of esters is 1. The number of benzene rings is 2. The summed E-state index contributed by atoms with van der Waals surface area (Å²) in [4.78, 5) is 12.5. The van der Waals surface area contributed by atoms with Crippen LogP contribution in [0.5, 0.6) is 5.75 Å². The van der Waals surface area contributed by atoms with Crippen molar-refractivity contribution in [2.45, 2.75) is 16.2 Å². The van der Waals surface area contributed by atoms with Crippen LogP contribution >= 0.6 is 23.4 Å². The first-order valence-corrected chi connectivity index (χ1v) is 8.33. The third kappa shape index (κ3) is 4.35. The fourth-order valence-electron chi connectivity index (χ4n) is 2.10. The molecule has 24 heavy (non-hydrogen) atoms. The first kappa shape index (κ1) is 18.4. The van der Waals surface area contributed by atoms with Crippen LogP contribution in [0.4, 0.5) is 5.69 Å². The number of hydrogen-bond acceptors (Lipinski definition) is 6. The van der Waals surface area contributed by atoms with Crippen LogP contribution in [0, 0.1) is 0 Å². The van der Waals surface area contributed by atoms with Gasteiger partial charge in [-0.3, -0.25) is 0 Å². The fourth-order valence-corrected chi connectivity index (χ4v) is 3.54. The number of halogens is 1. The van der Waals surface area contributed by atoms with E-state index in [1.165, 1.54) is 18.9 Å². The second-order valence-electron chi connectivity index (χ2n) is 4.96. The number of carbonyl (C=O) groups is 1. The topological polar surface area (TPSA) is 81.8 Å². The van der Waals surface area contributed by atoms with E-state index in [1.807, 2.05) is 0 Å². The smallest absolute Gasteiger partial charge is 0.336 e. The minimum absolute atomic E-state index is 0.514. The van der Waals surface area contributed by atoms with E-state index in [1.54, 1.807) is 49.6 Å². The lowest BCUT2D eigenvalue weighted by molar-refractivity contribution is -0.150. The molecule has 0 heterocycles. The zero-order chi connectivity index (χ0) is 17.7. The van der Waals surface area contributed by atoms with Crippen molar-refractivity contribution < 1.29 is 19.4 Å². The minimum Gasteiger partial charge on any atom is -0.497 e. The van der Waals surface area contributed by atoms with Gasteiger partial charge in [-0.05, 0) is 35.9 Å². The standard InChI is InChI=1S/C17H18ClNO4S/c1-22-12-6-3-10(4-7-12)16(15(20)17(21)23-2)24-14-9-11(18)5-8-13(14)19/h3-9,15-16,20H,19H2,1-2H3/t15-,16+/m1/s1. The molecule has 2 aromatic carbocycles. The van der Waals surface area contributed by atoms with Crippen LogP contribution in [-0.2, 0) is 9.53 Å². The average Bonchev–Trinajstić information content (AvgIpc) is 2.61. The summed E-state index contributed by atoms with van der Waals surface area (Å²) < 4.78 is 9.80. The zero-order valence-corrected chi connectivity index (χ0v) is 14.8. The van der Waals surface area contributed by atoms with Gasteiger partial charge in [0.25, 0.3) is 0 Å². The summed E-state index contributed by atoms with van der Waals surface area (Å²) in [5, 5.41) is 10.3. The fraction of sp³-hybridized carbons (Fsp3) is 0.235. The predicted octanol–water partition coefficient (Wildman–Crippen LogP) is 3.30. The van der Waals surface area contributed by atoms with Gasteiger partial charge < -0.3 is 20.3 Å². The highest BCUT2D eigenvalue weighted by molar-refractivity contribution is 7.99. The molecule has 2 rings (SSSR count). The molecule has 0 amide bonds. The molecule has 128 valence electrons. The Hall–Kier alpha value is -1.89. The predicted molar refractivity (Wildman–Crippen MR) is 95.5 cm³/mol. The van der Waals surface area contributed by atoms with Gasteiger partial charge in [-0.2, -0.15) is 0 Å². The summed E-state index contributed by atoms with van der Waals surface area (Å²) in [5.74, 6) is -0.0405. The van der Waals surface area contributed by atoms with E-state index in [-0.39, 0.29) is 0 Å². The van der Waals surface area contributed by atoms with Crippen LogP contribution < -0.4 is 10.5 Å². The normalized spacial score (nSPS) is 13.2. The van der Waals surface area contributed by atoms with Crippen molar-refractivity contribution in [2.24, 2.45) is 0 Å². The number of ether oxygens (including phenoxy) is 2. The summed E-state index contributed by atoms with van der Waals surface area (Å²) in [5.41, 5.74) is 7.22. The van der Waals surface area contributed by atoms with Gasteiger partial charge in [0.15, 0.2) is 6.10 Å². The minimum atomic E-state index is -1.35. The Morgan fingerprint density at radius 2 is 1.88 bits per heavy atom. The van der Waals surface area contributed by atoms with Crippen molar-refractivity contribution in [3.8, 4) is 5.75 Å². The van der Waals surface area contributed by atoms with Crippen LogP contribution in [0.1, 0.15) is 10.8 Å². The number of aliphatic hydroxyl groups is 1. The van der Waals surface area contributed by atoms with Gasteiger partial charge in [-0.25, -0.2) is 4.79 Å². The molecule has 0 spiro atoms. The molecule has 0 aromatic heterocycles. The molecule has 7 heteroatoms. The van der Waals surface area contributed by atoms with E-state index in [0.717, 1.165) is 5.56 Å². The lowest BCUT2D eigenvalue weighted by Crippen LogP contribution is -2.27. The number of carbonyl (C=O) groups excluding carboxylic acids is 1. The van der Waals surface area contributed by atoms with E-state index < -0.39 is 17.3 Å². The van der Waals surface area contributed by atoms with E-state index in [0.29, 0.717) is 21.4 Å². The second-order valence-corrected chi connectivity index (χ2v) is 6.58. The highest BCUT2D eigenvalue weighted by Crippen LogP contribution is 2.41. The molecular formula is C17H18ClNO4S. The molecule has 0 aliphatic rings. The highest BCUT2D eigenvalue weighted by Gasteiger charge is 2.30. The first-order valence-electron chi connectivity index (χ1n) is 7.07. The van der Waals surface area contributed by atoms with Crippen LogP contribution in [0.2, 0.25) is 5.02 Å². The summed E-state index contributed by atoms with van der Waals surface area (Å²) in [6, 6.07) is 12.1. The monoisotopic (exact) mass is 367 g/mol. The molecule has 0 saturated heterocycles. The Morgan fingerprint density at radius 3 is 2.46 bits per heavy atom. The van der Waals surface area contributed by atoms with Crippen LogP contribution in [0.15, 0.2) is 47.4 Å². The van der Waals surface area contributed by atoms with E-state index >= 15 is 0 Å². The molecule has 0 aliphatic heterocycles. The Balaban J connectivity index is 2.38. The van der Waals surface area contributed by atoms with Gasteiger partial charge in [-0.15, -0.1) is 11.8 Å². The zero-order valence-electron chi connectivity index (χ0n) is 13.2. The van der Waals surface area contributed by atoms with Gasteiger partial charge >= 0.3 is 5.97 Å². The molecule has 5 nitrogen and oxygen atoms in total. The maximum atomic E-state index is 11.8. The van der Waals surface area contributed by atoms with Crippen LogP contribution in [-0.4, -0.2) is 31.4 Å². The molecule has 0 unspecified atom stereocenters. The maximum absolute atomic E-state index is 11.8. The number of anilines is 1.